The summed E-state index contributed by atoms with van der Waals surface area (Å²) in [5, 5.41) is 3.02. The first kappa shape index (κ1) is 28.9. The van der Waals surface area contributed by atoms with Crippen LogP contribution in [0.15, 0.2) is 34.9 Å². The number of ether oxygens (including phenoxy) is 2. The first-order chi connectivity index (χ1) is 18.3. The maximum absolute atomic E-state index is 13.6. The van der Waals surface area contributed by atoms with Crippen LogP contribution < -0.4 is 10.2 Å². The summed E-state index contributed by atoms with van der Waals surface area (Å²) >= 11 is 0. The molecule has 8 heteroatoms. The predicted molar refractivity (Wildman–Crippen MR) is 152 cm³/mol. The largest absolute Gasteiger partial charge is 0.444 e. The van der Waals surface area contributed by atoms with Crippen LogP contribution in [0.5, 0.6) is 0 Å². The van der Waals surface area contributed by atoms with Crippen molar-refractivity contribution in [3.63, 3.8) is 0 Å². The molecule has 2 amide bonds. The fraction of sp³-hybridized carbons (Fsp3) is 0.581. The molecule has 212 valence electrons. The number of carbonyl (C=O) groups is 3. The molecule has 4 rings (SSSR count). The van der Waals surface area contributed by atoms with Gasteiger partial charge in [-0.3, -0.25) is 9.59 Å². The topological polar surface area (TPSA) is 88.2 Å². The van der Waals surface area contributed by atoms with E-state index in [1.165, 1.54) is 0 Å². The van der Waals surface area contributed by atoms with E-state index < -0.39 is 5.60 Å². The summed E-state index contributed by atoms with van der Waals surface area (Å²) in [5.74, 6) is -0.0157. The molecule has 0 unspecified atom stereocenters. The van der Waals surface area contributed by atoms with Gasteiger partial charge in [-0.1, -0.05) is 11.6 Å². The van der Waals surface area contributed by atoms with Gasteiger partial charge in [0, 0.05) is 75.1 Å². The molecule has 0 saturated carbocycles. The van der Waals surface area contributed by atoms with Crippen LogP contribution in [0.1, 0.15) is 81.3 Å². The highest BCUT2D eigenvalue weighted by atomic mass is 16.6. The number of amides is 2. The fourth-order valence-electron chi connectivity index (χ4n) is 5.58. The van der Waals surface area contributed by atoms with Gasteiger partial charge in [-0.05, 0) is 83.2 Å². The van der Waals surface area contributed by atoms with E-state index in [0.717, 1.165) is 54.0 Å². The van der Waals surface area contributed by atoms with Gasteiger partial charge in [-0.25, -0.2) is 4.79 Å². The Kier molecular flexibility index (Phi) is 8.54. The molecule has 0 atom stereocenters. The number of Topliss-reactive ketones (excluding diaryl/α,β-unsaturated/α-hetero) is 1. The van der Waals surface area contributed by atoms with Gasteiger partial charge in [0.2, 0.25) is 0 Å². The maximum atomic E-state index is 13.6. The van der Waals surface area contributed by atoms with Crippen LogP contribution in [0.2, 0.25) is 0 Å². The van der Waals surface area contributed by atoms with Gasteiger partial charge in [-0.15, -0.1) is 0 Å². The van der Waals surface area contributed by atoms with Crippen molar-refractivity contribution in [3.05, 3.63) is 51.6 Å². The van der Waals surface area contributed by atoms with E-state index in [-0.39, 0.29) is 30.2 Å². The number of hydrogen-bond acceptors (Lipinski definition) is 6. The van der Waals surface area contributed by atoms with Crippen molar-refractivity contribution in [1.82, 2.24) is 10.2 Å². The highest BCUT2D eigenvalue weighted by Crippen LogP contribution is 2.35. The Bertz CT molecular complexity index is 1200. The van der Waals surface area contributed by atoms with Crippen molar-refractivity contribution in [1.29, 1.82) is 0 Å². The molecule has 0 aromatic heterocycles. The Morgan fingerprint density at radius 2 is 1.79 bits per heavy atom. The number of allylic oxidation sites excluding steroid dienone is 3. The lowest BCUT2D eigenvalue weighted by atomic mass is 9.88. The molecule has 2 saturated heterocycles. The lowest BCUT2D eigenvalue weighted by molar-refractivity contribution is -0.115. The van der Waals surface area contributed by atoms with Crippen molar-refractivity contribution >= 4 is 23.5 Å². The molecule has 1 aliphatic carbocycles. The van der Waals surface area contributed by atoms with Crippen molar-refractivity contribution in [2.75, 3.05) is 44.8 Å². The first-order valence-electron chi connectivity index (χ1n) is 14.0. The summed E-state index contributed by atoms with van der Waals surface area (Å²) < 4.78 is 11.1. The van der Waals surface area contributed by atoms with Gasteiger partial charge in [0.25, 0.3) is 5.91 Å². The third-order valence-corrected chi connectivity index (χ3v) is 7.91. The Balaban J connectivity index is 1.58. The molecule has 2 heterocycles. The monoisotopic (exact) mass is 537 g/mol. The van der Waals surface area contributed by atoms with Crippen LogP contribution in [-0.2, 0) is 14.3 Å². The zero-order chi connectivity index (χ0) is 28.5. The molecule has 1 N–H and O–H groups in total. The quantitative estimate of drug-likeness (QED) is 0.555. The number of nitrogens with one attached hydrogen (secondary N) is 1. The van der Waals surface area contributed by atoms with Crippen LogP contribution in [0.25, 0.3) is 0 Å². The van der Waals surface area contributed by atoms with Crippen molar-refractivity contribution in [3.8, 4) is 0 Å². The van der Waals surface area contributed by atoms with Crippen molar-refractivity contribution in [2.45, 2.75) is 78.4 Å². The smallest absolute Gasteiger partial charge is 0.410 e. The molecule has 2 fully saturated rings. The highest BCUT2D eigenvalue weighted by Gasteiger charge is 2.36. The third-order valence-electron chi connectivity index (χ3n) is 7.91. The van der Waals surface area contributed by atoms with E-state index in [4.69, 9.17) is 9.47 Å². The molecular weight excluding hydrogens is 494 g/mol. The Morgan fingerprint density at radius 3 is 2.41 bits per heavy atom. The Morgan fingerprint density at radius 1 is 1.13 bits per heavy atom. The zero-order valence-electron chi connectivity index (χ0n) is 24.5. The van der Waals surface area contributed by atoms with Crippen LogP contribution >= 0.6 is 0 Å². The van der Waals surface area contributed by atoms with Crippen LogP contribution in [0.3, 0.4) is 0 Å². The third kappa shape index (κ3) is 6.72. The minimum Gasteiger partial charge on any atom is -0.444 e. The lowest BCUT2D eigenvalue weighted by Crippen LogP contribution is -2.50. The molecule has 1 aromatic carbocycles. The fourth-order valence-corrected chi connectivity index (χ4v) is 5.58. The van der Waals surface area contributed by atoms with Crippen LogP contribution in [-0.4, -0.2) is 74.2 Å². The minimum absolute atomic E-state index is 0.0647. The number of carbonyl (C=O) groups excluding carboxylic acids is 3. The number of nitrogens with zero attached hydrogens (tertiary/aromatic N) is 2. The van der Waals surface area contributed by atoms with Gasteiger partial charge in [0.15, 0.2) is 5.78 Å². The van der Waals surface area contributed by atoms with E-state index in [1.54, 1.807) is 4.90 Å². The lowest BCUT2D eigenvalue weighted by Gasteiger charge is -2.41. The number of hydrogen-bond donors (Lipinski definition) is 1. The molecule has 0 radical (unpaired) electrons. The van der Waals surface area contributed by atoms with Crippen LogP contribution in [0.4, 0.5) is 10.5 Å². The first-order valence-corrected chi connectivity index (χ1v) is 14.0. The van der Waals surface area contributed by atoms with E-state index in [9.17, 15) is 14.4 Å². The molecular formula is C31H43N3O5. The summed E-state index contributed by atoms with van der Waals surface area (Å²) in [6.45, 7) is 14.2. The Labute approximate surface area is 232 Å². The molecule has 3 aliphatic rings. The standard InChI is InChI=1S/C31H43N3O5/c1-19-12-20(2)26(28(35)13-19)16-32-29(36)25-14-22(23-17-34(18-23)30(37)39-31(4,5)6)15-27(21(25)3)33(7)24-8-10-38-11-9-24/h12,14-15,23-24H,8-11,13,16-18H2,1-7H3,(H,32,36). The van der Waals surface area contributed by atoms with Crippen molar-refractivity contribution in [2.24, 2.45) is 0 Å². The summed E-state index contributed by atoms with van der Waals surface area (Å²) in [6, 6.07) is 4.45. The second kappa shape index (κ2) is 11.5. The van der Waals surface area contributed by atoms with Gasteiger partial charge >= 0.3 is 6.09 Å². The number of ketones is 1. The summed E-state index contributed by atoms with van der Waals surface area (Å²) in [7, 11) is 2.08. The number of likely N-dealkylation sites (tertiary alicyclic amines) is 1. The summed E-state index contributed by atoms with van der Waals surface area (Å²) in [6.07, 6.45) is 3.96. The van der Waals surface area contributed by atoms with Crippen molar-refractivity contribution < 1.29 is 23.9 Å². The van der Waals surface area contributed by atoms with E-state index in [1.807, 2.05) is 53.7 Å². The van der Waals surface area contributed by atoms with Gasteiger partial charge in [0.1, 0.15) is 5.60 Å². The number of anilines is 1. The molecule has 0 spiro atoms. The average molecular weight is 538 g/mol. The van der Waals surface area contributed by atoms with E-state index >= 15 is 0 Å². The van der Waals surface area contributed by atoms with Crippen LogP contribution in [0, 0.1) is 6.92 Å². The second-order valence-corrected chi connectivity index (χ2v) is 12.2. The normalized spacial score (nSPS) is 19.0. The molecule has 0 bridgehead atoms. The second-order valence-electron chi connectivity index (χ2n) is 12.2. The molecule has 1 aromatic rings. The van der Waals surface area contributed by atoms with E-state index in [2.05, 4.69) is 23.3 Å². The SMILES string of the molecule is CC1=CC(C)=C(CNC(=O)c2cc(C3CN(C(=O)OC(C)(C)C)C3)cc(N(C)C3CCOCC3)c2C)C(=O)C1. The summed E-state index contributed by atoms with van der Waals surface area (Å²) in [4.78, 5) is 42.7. The van der Waals surface area contributed by atoms with Gasteiger partial charge < -0.3 is 24.6 Å². The average Bonchev–Trinajstić information content (AvgIpc) is 2.82. The number of rotatable bonds is 6. The minimum atomic E-state index is -0.543. The maximum Gasteiger partial charge on any atom is 0.410 e. The number of benzene rings is 1. The molecule has 2 aliphatic heterocycles. The Hall–Kier alpha value is -3.13. The molecule has 39 heavy (non-hydrogen) atoms. The summed E-state index contributed by atoms with van der Waals surface area (Å²) in [5.41, 5.74) is 5.62. The zero-order valence-corrected chi connectivity index (χ0v) is 24.5. The van der Waals surface area contributed by atoms with Gasteiger partial charge in [-0.2, -0.15) is 0 Å². The van der Waals surface area contributed by atoms with E-state index in [0.29, 0.717) is 36.7 Å². The molecule has 8 nitrogen and oxygen atoms in total. The predicted octanol–water partition coefficient (Wildman–Crippen LogP) is 4.91. The van der Waals surface area contributed by atoms with Gasteiger partial charge in [0.05, 0.1) is 0 Å². The highest BCUT2D eigenvalue weighted by molar-refractivity contribution is 6.02.